The van der Waals surface area contributed by atoms with Crippen LogP contribution in [-0.2, 0) is 0 Å². The molecule has 0 amide bonds. The van der Waals surface area contributed by atoms with E-state index in [4.69, 9.17) is 0 Å². The van der Waals surface area contributed by atoms with Gasteiger partial charge in [-0.15, -0.1) is 0 Å². The third-order valence-corrected chi connectivity index (χ3v) is 2.44. The third kappa shape index (κ3) is 1.52. The van der Waals surface area contributed by atoms with Crippen molar-refractivity contribution in [3.8, 4) is 0 Å². The molecule has 1 heterocycles. The Bertz CT molecular complexity index is 392. The van der Waals surface area contributed by atoms with Gasteiger partial charge in [0.25, 0.3) is 0 Å². The van der Waals surface area contributed by atoms with Crippen LogP contribution in [0.2, 0.25) is 0 Å². The van der Waals surface area contributed by atoms with Crippen molar-refractivity contribution in [3.05, 3.63) is 24.4 Å². The molecule has 4 heteroatoms. The summed E-state index contributed by atoms with van der Waals surface area (Å²) in [5.41, 5.74) is 1.84. The maximum atomic E-state index is 4.30. The zero-order valence-electron chi connectivity index (χ0n) is 6.02. The monoisotopic (exact) mass is 288 g/mol. The fourth-order valence-electron chi connectivity index (χ4n) is 0.974. The van der Waals surface area contributed by atoms with Gasteiger partial charge in [-0.2, -0.15) is 0 Å². The Morgan fingerprint density at radius 1 is 1.08 bits per heavy atom. The van der Waals surface area contributed by atoms with Crippen LogP contribution in [0, 0.1) is 0 Å². The van der Waals surface area contributed by atoms with Gasteiger partial charge in [0.15, 0.2) is 0 Å². The standard InChI is InChI=1S/C8H4N2Se2/c11-5-1-2-6-7(3-5)10-8(12)4-9-6/h1-4H. The van der Waals surface area contributed by atoms with Gasteiger partial charge in [-0.3, -0.25) is 0 Å². The van der Waals surface area contributed by atoms with E-state index in [0.717, 1.165) is 20.1 Å². The Hall–Kier alpha value is -0.401. The van der Waals surface area contributed by atoms with E-state index in [1.54, 1.807) is 6.20 Å². The zero-order valence-corrected chi connectivity index (χ0v) is 9.45. The Morgan fingerprint density at radius 2 is 1.92 bits per heavy atom. The molecule has 0 N–H and O–H groups in total. The Morgan fingerprint density at radius 3 is 2.75 bits per heavy atom. The van der Waals surface area contributed by atoms with Gasteiger partial charge in [0.1, 0.15) is 0 Å². The van der Waals surface area contributed by atoms with Crippen LogP contribution in [0.15, 0.2) is 24.4 Å². The summed E-state index contributed by atoms with van der Waals surface area (Å²) in [5.74, 6) is 0. The summed E-state index contributed by atoms with van der Waals surface area (Å²) in [4.78, 5) is 8.51. The van der Waals surface area contributed by atoms with Gasteiger partial charge < -0.3 is 0 Å². The molecular weight excluding hydrogens is 282 g/mol. The second-order valence-corrected chi connectivity index (χ2v) is 4.23. The van der Waals surface area contributed by atoms with Crippen LogP contribution >= 0.6 is 0 Å². The van der Waals surface area contributed by atoms with Gasteiger partial charge >= 0.3 is 86.5 Å². The molecule has 1 aromatic carbocycles. The summed E-state index contributed by atoms with van der Waals surface area (Å²) in [6, 6.07) is 5.91. The fourth-order valence-corrected chi connectivity index (χ4v) is 1.67. The van der Waals surface area contributed by atoms with E-state index in [2.05, 4.69) is 42.0 Å². The summed E-state index contributed by atoms with van der Waals surface area (Å²) in [6.07, 6.45) is 1.72. The molecule has 2 radical (unpaired) electrons. The summed E-state index contributed by atoms with van der Waals surface area (Å²) in [7, 11) is 0. The Kier molecular flexibility index (Phi) is 2.16. The third-order valence-electron chi connectivity index (χ3n) is 1.49. The molecule has 0 aliphatic heterocycles. The van der Waals surface area contributed by atoms with Crippen molar-refractivity contribution >= 4 is 52.1 Å². The molecular formula is C8H4N2Se2. The number of hydrogen-bond donors (Lipinski definition) is 0. The topological polar surface area (TPSA) is 25.8 Å². The Balaban J connectivity index is 2.80. The molecule has 0 saturated carbocycles. The van der Waals surface area contributed by atoms with Crippen LogP contribution < -0.4 is 9.05 Å². The number of fused-ring (bicyclic) bond motifs is 1. The second-order valence-electron chi connectivity index (χ2n) is 2.36. The number of hydrogen-bond acceptors (Lipinski definition) is 2. The molecule has 58 valence electrons. The second kappa shape index (κ2) is 3.15. The van der Waals surface area contributed by atoms with Crippen molar-refractivity contribution in [2.75, 3.05) is 0 Å². The molecule has 0 spiro atoms. The average Bonchev–Trinajstić information content (AvgIpc) is 2.03. The van der Waals surface area contributed by atoms with Crippen molar-refractivity contribution in [1.82, 2.24) is 9.97 Å². The van der Waals surface area contributed by atoms with E-state index >= 15 is 0 Å². The number of rotatable bonds is 0. The molecule has 2 aromatic rings. The molecule has 1 aromatic heterocycles. The van der Waals surface area contributed by atoms with Crippen molar-refractivity contribution < 1.29 is 0 Å². The van der Waals surface area contributed by atoms with Crippen molar-refractivity contribution in [3.63, 3.8) is 0 Å². The first-order valence-corrected chi connectivity index (χ1v) is 5.08. The molecule has 12 heavy (non-hydrogen) atoms. The van der Waals surface area contributed by atoms with Crippen molar-refractivity contribution in [1.29, 1.82) is 0 Å². The van der Waals surface area contributed by atoms with Gasteiger partial charge in [-0.25, -0.2) is 0 Å². The molecule has 0 unspecified atom stereocenters. The number of nitrogens with zero attached hydrogens (tertiary/aromatic N) is 2. The van der Waals surface area contributed by atoms with Crippen molar-refractivity contribution in [2.45, 2.75) is 0 Å². The summed E-state index contributed by atoms with van der Waals surface area (Å²) >= 11 is 5.77. The summed E-state index contributed by atoms with van der Waals surface area (Å²) < 4.78 is 1.91. The minimum absolute atomic E-state index is 0.827. The predicted octanol–water partition coefficient (Wildman–Crippen LogP) is -0.783. The Labute approximate surface area is 86.4 Å². The van der Waals surface area contributed by atoms with Crippen molar-refractivity contribution in [2.24, 2.45) is 0 Å². The van der Waals surface area contributed by atoms with Crippen LogP contribution in [0.4, 0.5) is 0 Å². The predicted molar refractivity (Wildman–Crippen MR) is 50.3 cm³/mol. The van der Waals surface area contributed by atoms with Crippen LogP contribution in [0.25, 0.3) is 11.0 Å². The fraction of sp³-hybridized carbons (Fsp3) is 0. The molecule has 0 fully saturated rings. The first kappa shape index (κ1) is 8.21. The number of aromatic nitrogens is 2. The van der Waals surface area contributed by atoms with Gasteiger partial charge in [0.2, 0.25) is 0 Å². The minimum atomic E-state index is 0.827. The van der Waals surface area contributed by atoms with E-state index in [0.29, 0.717) is 0 Å². The van der Waals surface area contributed by atoms with Crippen LogP contribution in [-0.4, -0.2) is 42.0 Å². The molecule has 0 bridgehead atoms. The molecule has 2 nitrogen and oxygen atoms in total. The summed E-state index contributed by atoms with van der Waals surface area (Å²) in [5, 5.41) is 0. The van der Waals surface area contributed by atoms with E-state index in [9.17, 15) is 0 Å². The molecule has 0 aliphatic carbocycles. The van der Waals surface area contributed by atoms with Gasteiger partial charge in [-0.05, 0) is 0 Å². The van der Waals surface area contributed by atoms with E-state index < -0.39 is 0 Å². The molecule has 0 aliphatic rings. The van der Waals surface area contributed by atoms with Crippen LogP contribution in [0.5, 0.6) is 0 Å². The van der Waals surface area contributed by atoms with E-state index in [1.807, 2.05) is 18.2 Å². The maximum absolute atomic E-state index is 4.30. The molecule has 2 rings (SSSR count). The van der Waals surface area contributed by atoms with Gasteiger partial charge in [0, 0.05) is 0 Å². The first-order valence-electron chi connectivity index (χ1n) is 3.36. The van der Waals surface area contributed by atoms with Crippen LogP contribution in [0.3, 0.4) is 0 Å². The quantitative estimate of drug-likeness (QED) is 0.594. The van der Waals surface area contributed by atoms with Crippen LogP contribution in [0.1, 0.15) is 0 Å². The SMILES string of the molecule is [Se]c1ccc2ncc([Se])nc2c1. The van der Waals surface area contributed by atoms with Gasteiger partial charge in [0.05, 0.1) is 0 Å². The zero-order chi connectivity index (χ0) is 8.55. The normalized spacial score (nSPS) is 10.3. The number of benzene rings is 1. The summed E-state index contributed by atoms with van der Waals surface area (Å²) in [6.45, 7) is 0. The first-order chi connectivity index (χ1) is 5.75. The van der Waals surface area contributed by atoms with Gasteiger partial charge in [-0.1, -0.05) is 0 Å². The average molecular weight is 286 g/mol. The molecule has 0 saturated heterocycles. The van der Waals surface area contributed by atoms with E-state index in [-0.39, 0.29) is 0 Å². The molecule has 0 atom stereocenters. The van der Waals surface area contributed by atoms with E-state index in [1.165, 1.54) is 0 Å².